The summed E-state index contributed by atoms with van der Waals surface area (Å²) < 4.78 is 10.4. The molecule has 2 heterocycles. The van der Waals surface area contributed by atoms with Crippen molar-refractivity contribution in [2.24, 2.45) is 0 Å². The van der Waals surface area contributed by atoms with Crippen molar-refractivity contribution in [1.82, 2.24) is 15.0 Å². The molecule has 27 heavy (non-hydrogen) atoms. The molecule has 1 aliphatic heterocycles. The van der Waals surface area contributed by atoms with Crippen LogP contribution in [0, 0.1) is 6.92 Å². The Balaban J connectivity index is 1.55. The SMILES string of the molecule is CCOc1ccc(CC(=O)N2CCCN(C(=O)c3cc(C)on3)CC2)cc1. The molecule has 1 aromatic heterocycles. The van der Waals surface area contributed by atoms with E-state index < -0.39 is 0 Å². The Labute approximate surface area is 158 Å². The van der Waals surface area contributed by atoms with E-state index >= 15 is 0 Å². The lowest BCUT2D eigenvalue weighted by Gasteiger charge is -2.21. The maximum absolute atomic E-state index is 12.6. The van der Waals surface area contributed by atoms with Crippen molar-refractivity contribution in [1.29, 1.82) is 0 Å². The lowest BCUT2D eigenvalue weighted by Crippen LogP contribution is -2.38. The van der Waals surface area contributed by atoms with Gasteiger partial charge in [-0.1, -0.05) is 17.3 Å². The number of carbonyl (C=O) groups is 2. The van der Waals surface area contributed by atoms with Crippen LogP contribution in [0.4, 0.5) is 0 Å². The molecule has 1 saturated heterocycles. The maximum atomic E-state index is 12.6. The lowest BCUT2D eigenvalue weighted by atomic mass is 10.1. The third-order valence-electron chi connectivity index (χ3n) is 4.57. The van der Waals surface area contributed by atoms with Gasteiger partial charge in [0, 0.05) is 32.2 Å². The molecule has 1 fully saturated rings. The first-order valence-electron chi connectivity index (χ1n) is 9.29. The van der Waals surface area contributed by atoms with Crippen LogP contribution < -0.4 is 4.74 Å². The van der Waals surface area contributed by atoms with Crippen LogP contribution in [-0.2, 0) is 11.2 Å². The Kier molecular flexibility index (Phi) is 6.11. The monoisotopic (exact) mass is 371 g/mol. The van der Waals surface area contributed by atoms with E-state index in [2.05, 4.69) is 5.16 Å². The molecule has 2 amide bonds. The first-order chi connectivity index (χ1) is 13.1. The minimum absolute atomic E-state index is 0.0748. The van der Waals surface area contributed by atoms with Gasteiger partial charge in [-0.05, 0) is 38.0 Å². The predicted octanol–water partition coefficient (Wildman–Crippen LogP) is 2.30. The van der Waals surface area contributed by atoms with E-state index in [1.807, 2.05) is 36.1 Å². The van der Waals surface area contributed by atoms with Crippen molar-refractivity contribution in [3.63, 3.8) is 0 Å². The molecule has 1 aromatic carbocycles. The van der Waals surface area contributed by atoms with Crippen molar-refractivity contribution in [2.45, 2.75) is 26.7 Å². The quantitative estimate of drug-likeness (QED) is 0.806. The largest absolute Gasteiger partial charge is 0.494 e. The number of ether oxygens (including phenoxy) is 1. The highest BCUT2D eigenvalue weighted by Crippen LogP contribution is 2.14. The third kappa shape index (κ3) is 4.87. The van der Waals surface area contributed by atoms with Gasteiger partial charge in [0.1, 0.15) is 11.5 Å². The summed E-state index contributed by atoms with van der Waals surface area (Å²) in [5.41, 5.74) is 1.28. The van der Waals surface area contributed by atoms with Gasteiger partial charge >= 0.3 is 0 Å². The molecule has 1 aliphatic rings. The van der Waals surface area contributed by atoms with Crippen LogP contribution in [0.5, 0.6) is 5.75 Å². The fraction of sp³-hybridized carbons (Fsp3) is 0.450. The Morgan fingerprint density at radius 2 is 1.81 bits per heavy atom. The Morgan fingerprint density at radius 1 is 1.11 bits per heavy atom. The molecule has 7 heteroatoms. The van der Waals surface area contributed by atoms with Crippen molar-refractivity contribution in [3.05, 3.63) is 47.3 Å². The second-order valence-electron chi connectivity index (χ2n) is 6.60. The summed E-state index contributed by atoms with van der Waals surface area (Å²) in [5.74, 6) is 1.35. The van der Waals surface area contributed by atoms with E-state index in [1.165, 1.54) is 0 Å². The van der Waals surface area contributed by atoms with Gasteiger partial charge in [-0.3, -0.25) is 9.59 Å². The summed E-state index contributed by atoms with van der Waals surface area (Å²) in [7, 11) is 0. The maximum Gasteiger partial charge on any atom is 0.276 e. The zero-order chi connectivity index (χ0) is 19.2. The number of hydrogen-bond donors (Lipinski definition) is 0. The van der Waals surface area contributed by atoms with Crippen LogP contribution in [0.15, 0.2) is 34.9 Å². The highest BCUT2D eigenvalue weighted by atomic mass is 16.5. The number of carbonyl (C=O) groups excluding carboxylic acids is 2. The summed E-state index contributed by atoms with van der Waals surface area (Å²) >= 11 is 0. The average molecular weight is 371 g/mol. The molecule has 0 saturated carbocycles. The van der Waals surface area contributed by atoms with Crippen molar-refractivity contribution in [2.75, 3.05) is 32.8 Å². The number of aryl methyl sites for hydroxylation is 1. The molecule has 2 aromatic rings. The van der Waals surface area contributed by atoms with Crippen LogP contribution >= 0.6 is 0 Å². The number of hydrogen-bond acceptors (Lipinski definition) is 5. The fourth-order valence-electron chi connectivity index (χ4n) is 3.16. The molecule has 7 nitrogen and oxygen atoms in total. The van der Waals surface area contributed by atoms with Gasteiger partial charge in [-0.2, -0.15) is 0 Å². The number of aromatic nitrogens is 1. The predicted molar refractivity (Wildman–Crippen MR) is 99.7 cm³/mol. The molecule has 0 spiro atoms. The zero-order valence-electron chi connectivity index (χ0n) is 15.8. The average Bonchev–Trinajstić information content (AvgIpc) is 2.95. The highest BCUT2D eigenvalue weighted by molar-refractivity contribution is 5.92. The number of amides is 2. The summed E-state index contributed by atoms with van der Waals surface area (Å²) in [6.07, 6.45) is 1.10. The summed E-state index contributed by atoms with van der Waals surface area (Å²) in [5, 5.41) is 3.79. The Hall–Kier alpha value is -2.83. The van der Waals surface area contributed by atoms with Crippen LogP contribution in [0.2, 0.25) is 0 Å². The van der Waals surface area contributed by atoms with Gasteiger partial charge in [-0.25, -0.2) is 0 Å². The molecule has 3 rings (SSSR count). The van der Waals surface area contributed by atoms with Gasteiger partial charge in [-0.15, -0.1) is 0 Å². The van der Waals surface area contributed by atoms with Crippen molar-refractivity contribution >= 4 is 11.8 Å². The van der Waals surface area contributed by atoms with Crippen LogP contribution in [0.1, 0.15) is 35.2 Å². The van der Waals surface area contributed by atoms with Gasteiger partial charge in [0.05, 0.1) is 13.0 Å². The number of benzene rings is 1. The topological polar surface area (TPSA) is 75.9 Å². The standard InChI is InChI=1S/C20H25N3O4/c1-3-26-17-7-5-16(6-8-17)14-19(24)22-9-4-10-23(12-11-22)20(25)18-13-15(2)27-21-18/h5-8,13H,3-4,9-12,14H2,1-2H3. The van der Waals surface area contributed by atoms with E-state index in [0.29, 0.717) is 50.7 Å². The smallest absolute Gasteiger partial charge is 0.276 e. The fourth-order valence-corrected chi connectivity index (χ4v) is 3.16. The minimum atomic E-state index is -0.146. The van der Waals surface area contributed by atoms with E-state index in [4.69, 9.17) is 9.26 Å². The Morgan fingerprint density at radius 3 is 2.48 bits per heavy atom. The molecule has 0 atom stereocenters. The molecule has 0 aliphatic carbocycles. The van der Waals surface area contributed by atoms with E-state index in [-0.39, 0.29) is 11.8 Å². The molecule has 0 N–H and O–H groups in total. The number of rotatable bonds is 5. The van der Waals surface area contributed by atoms with Crippen LogP contribution in [-0.4, -0.2) is 59.6 Å². The summed E-state index contributed by atoms with van der Waals surface area (Å²) in [6.45, 7) is 6.60. The van der Waals surface area contributed by atoms with Crippen molar-refractivity contribution < 1.29 is 18.8 Å². The van der Waals surface area contributed by atoms with Gasteiger partial charge in [0.2, 0.25) is 5.91 Å². The van der Waals surface area contributed by atoms with Crippen molar-refractivity contribution in [3.8, 4) is 5.75 Å². The minimum Gasteiger partial charge on any atom is -0.494 e. The first kappa shape index (κ1) is 18.9. The van der Waals surface area contributed by atoms with Gasteiger partial charge in [0.25, 0.3) is 5.91 Å². The Bertz CT molecular complexity index is 785. The van der Waals surface area contributed by atoms with E-state index in [1.54, 1.807) is 17.9 Å². The molecular formula is C20H25N3O4. The molecule has 0 radical (unpaired) electrons. The summed E-state index contributed by atoms with van der Waals surface area (Å²) in [4.78, 5) is 28.7. The highest BCUT2D eigenvalue weighted by Gasteiger charge is 2.24. The first-order valence-corrected chi connectivity index (χ1v) is 9.29. The normalized spacial score (nSPS) is 14.7. The number of nitrogens with zero attached hydrogens (tertiary/aromatic N) is 3. The molecule has 0 bridgehead atoms. The van der Waals surface area contributed by atoms with Gasteiger partial charge < -0.3 is 19.1 Å². The lowest BCUT2D eigenvalue weighted by molar-refractivity contribution is -0.130. The second kappa shape index (κ2) is 8.70. The van der Waals surface area contributed by atoms with Gasteiger partial charge in [0.15, 0.2) is 5.69 Å². The van der Waals surface area contributed by atoms with E-state index in [9.17, 15) is 9.59 Å². The summed E-state index contributed by atoms with van der Waals surface area (Å²) in [6, 6.07) is 9.25. The zero-order valence-corrected chi connectivity index (χ0v) is 15.8. The second-order valence-corrected chi connectivity index (χ2v) is 6.60. The van der Waals surface area contributed by atoms with Crippen LogP contribution in [0.25, 0.3) is 0 Å². The molecular weight excluding hydrogens is 346 g/mol. The van der Waals surface area contributed by atoms with Crippen LogP contribution in [0.3, 0.4) is 0 Å². The molecule has 0 unspecified atom stereocenters. The van der Waals surface area contributed by atoms with E-state index in [0.717, 1.165) is 17.7 Å². The third-order valence-corrected chi connectivity index (χ3v) is 4.57. The molecule has 144 valence electrons.